The van der Waals surface area contributed by atoms with Crippen molar-refractivity contribution in [3.05, 3.63) is 78.4 Å². The Bertz CT molecular complexity index is 904. The third kappa shape index (κ3) is 6.46. The van der Waals surface area contributed by atoms with Crippen LogP contribution in [0, 0.1) is 0 Å². The van der Waals surface area contributed by atoms with Crippen LogP contribution in [0.15, 0.2) is 72.2 Å². The van der Waals surface area contributed by atoms with Gasteiger partial charge in [-0.15, -0.1) is 0 Å². The molecule has 6 nitrogen and oxygen atoms in total. The van der Waals surface area contributed by atoms with Gasteiger partial charge in [0.05, 0.1) is 19.5 Å². The van der Waals surface area contributed by atoms with Crippen molar-refractivity contribution in [1.82, 2.24) is 20.2 Å². The van der Waals surface area contributed by atoms with Crippen LogP contribution in [0.3, 0.4) is 0 Å². The van der Waals surface area contributed by atoms with Gasteiger partial charge in [0, 0.05) is 38.6 Å². The topological polar surface area (TPSA) is 63.5 Å². The number of ether oxygens (including phenoxy) is 1. The Labute approximate surface area is 179 Å². The fourth-order valence-corrected chi connectivity index (χ4v) is 3.21. The van der Waals surface area contributed by atoms with E-state index in [0.717, 1.165) is 32.2 Å². The number of hydrogen-bond donors (Lipinski definition) is 2. The second-order valence-corrected chi connectivity index (χ2v) is 6.91. The van der Waals surface area contributed by atoms with Crippen molar-refractivity contribution in [2.45, 2.75) is 26.9 Å². The molecule has 30 heavy (non-hydrogen) atoms. The molecule has 0 bridgehead atoms. The van der Waals surface area contributed by atoms with Crippen LogP contribution in [-0.2, 0) is 17.8 Å². The molecular weight excluding hydrogens is 374 g/mol. The molecule has 0 saturated carbocycles. The van der Waals surface area contributed by atoms with E-state index in [9.17, 15) is 0 Å². The highest BCUT2D eigenvalue weighted by Crippen LogP contribution is 2.25. The van der Waals surface area contributed by atoms with Crippen molar-refractivity contribution in [3.63, 3.8) is 0 Å². The average Bonchev–Trinajstić information content (AvgIpc) is 3.29. The molecule has 1 heterocycles. The Hall–Kier alpha value is -3.12. The first kappa shape index (κ1) is 21.6. The summed E-state index contributed by atoms with van der Waals surface area (Å²) in [4.78, 5) is 8.87. The lowest BCUT2D eigenvalue weighted by Gasteiger charge is -2.13. The highest BCUT2D eigenvalue weighted by molar-refractivity contribution is 5.80. The van der Waals surface area contributed by atoms with Gasteiger partial charge in [-0.1, -0.05) is 48.5 Å². The van der Waals surface area contributed by atoms with Crippen LogP contribution < -0.4 is 10.6 Å². The fraction of sp³-hybridized carbons (Fsp3) is 0.333. The Morgan fingerprint density at radius 1 is 1.07 bits per heavy atom. The second kappa shape index (κ2) is 11.8. The summed E-state index contributed by atoms with van der Waals surface area (Å²) in [5, 5.41) is 6.61. The van der Waals surface area contributed by atoms with Crippen LogP contribution in [0.5, 0.6) is 0 Å². The van der Waals surface area contributed by atoms with E-state index in [0.29, 0.717) is 13.2 Å². The molecule has 3 aromatic rings. The van der Waals surface area contributed by atoms with Crippen LogP contribution in [0.25, 0.3) is 11.1 Å². The maximum absolute atomic E-state index is 5.39. The zero-order chi connectivity index (χ0) is 21.0. The summed E-state index contributed by atoms with van der Waals surface area (Å²) >= 11 is 0. The Morgan fingerprint density at radius 2 is 1.90 bits per heavy atom. The summed E-state index contributed by atoms with van der Waals surface area (Å²) in [6.07, 6.45) is 5.62. The van der Waals surface area contributed by atoms with Gasteiger partial charge in [-0.3, -0.25) is 0 Å². The predicted octanol–water partition coefficient (Wildman–Crippen LogP) is 3.69. The van der Waals surface area contributed by atoms with Crippen molar-refractivity contribution in [2.75, 3.05) is 26.3 Å². The van der Waals surface area contributed by atoms with E-state index in [1.807, 2.05) is 19.4 Å². The van der Waals surface area contributed by atoms with Gasteiger partial charge < -0.3 is 19.9 Å². The molecule has 0 unspecified atom stereocenters. The second-order valence-electron chi connectivity index (χ2n) is 6.91. The predicted molar refractivity (Wildman–Crippen MR) is 123 cm³/mol. The molecule has 2 N–H and O–H groups in total. The van der Waals surface area contributed by atoms with Gasteiger partial charge in [-0.25, -0.2) is 9.98 Å². The van der Waals surface area contributed by atoms with E-state index in [1.54, 1.807) is 6.20 Å². The maximum atomic E-state index is 5.39. The number of nitrogens with zero attached hydrogens (tertiary/aromatic N) is 3. The van der Waals surface area contributed by atoms with Gasteiger partial charge in [0.15, 0.2) is 5.96 Å². The van der Waals surface area contributed by atoms with Gasteiger partial charge >= 0.3 is 0 Å². The van der Waals surface area contributed by atoms with Crippen LogP contribution >= 0.6 is 0 Å². The first-order valence-corrected chi connectivity index (χ1v) is 10.5. The number of aliphatic imine (C=N–C) groups is 1. The number of guanidine groups is 1. The lowest BCUT2D eigenvalue weighted by molar-refractivity contribution is 0.152. The number of rotatable bonds is 10. The van der Waals surface area contributed by atoms with E-state index >= 15 is 0 Å². The number of hydrogen-bond acceptors (Lipinski definition) is 3. The molecule has 158 valence electrons. The minimum atomic E-state index is 0.608. The molecule has 1 aromatic heterocycles. The molecule has 0 aliphatic carbocycles. The lowest BCUT2D eigenvalue weighted by atomic mass is 9.98. The summed E-state index contributed by atoms with van der Waals surface area (Å²) in [5.41, 5.74) is 4.85. The molecule has 3 rings (SSSR count). The standard InChI is InChI=1S/C24H31N5O/c1-3-26-24(27-14-16-30-4-2)28-17-22-7-5-6-8-23(22)21-11-9-20(10-12-21)18-29-15-13-25-19-29/h5-13,15,19H,3-4,14,16-18H2,1-2H3,(H2,26,27,28). The zero-order valence-electron chi connectivity index (χ0n) is 17.8. The van der Waals surface area contributed by atoms with E-state index in [1.165, 1.54) is 22.3 Å². The summed E-state index contributed by atoms with van der Waals surface area (Å²) < 4.78 is 7.46. The van der Waals surface area contributed by atoms with E-state index in [4.69, 9.17) is 9.73 Å². The van der Waals surface area contributed by atoms with Crippen LogP contribution in [0.2, 0.25) is 0 Å². The van der Waals surface area contributed by atoms with Crippen molar-refractivity contribution in [3.8, 4) is 11.1 Å². The van der Waals surface area contributed by atoms with Crippen molar-refractivity contribution in [1.29, 1.82) is 0 Å². The molecule has 0 radical (unpaired) electrons. The summed E-state index contributed by atoms with van der Waals surface area (Å²) in [5.74, 6) is 0.808. The normalized spacial score (nSPS) is 11.5. The third-order valence-corrected chi connectivity index (χ3v) is 4.70. The van der Waals surface area contributed by atoms with Crippen molar-refractivity contribution < 1.29 is 4.74 Å². The van der Waals surface area contributed by atoms with Crippen LogP contribution in [-0.4, -0.2) is 41.8 Å². The van der Waals surface area contributed by atoms with Crippen molar-refractivity contribution >= 4 is 5.96 Å². The molecule has 0 aliphatic heterocycles. The SMILES string of the molecule is CCNC(=NCc1ccccc1-c1ccc(Cn2ccnc2)cc1)NCCOCC. The summed E-state index contributed by atoms with van der Waals surface area (Å²) in [6.45, 7) is 8.45. The zero-order valence-corrected chi connectivity index (χ0v) is 17.8. The van der Waals surface area contributed by atoms with Gasteiger partial charge in [0.1, 0.15) is 0 Å². The molecule has 0 fully saturated rings. The van der Waals surface area contributed by atoms with Crippen molar-refractivity contribution in [2.24, 2.45) is 4.99 Å². The summed E-state index contributed by atoms with van der Waals surface area (Å²) in [7, 11) is 0. The quantitative estimate of drug-likeness (QED) is 0.307. The van der Waals surface area contributed by atoms with Crippen LogP contribution in [0.4, 0.5) is 0 Å². The minimum Gasteiger partial charge on any atom is -0.380 e. The monoisotopic (exact) mass is 405 g/mol. The minimum absolute atomic E-state index is 0.608. The molecule has 0 amide bonds. The highest BCUT2D eigenvalue weighted by Gasteiger charge is 2.06. The molecule has 0 saturated heterocycles. The molecular formula is C24H31N5O. The average molecular weight is 406 g/mol. The Balaban J connectivity index is 1.70. The Morgan fingerprint density at radius 3 is 2.63 bits per heavy atom. The van der Waals surface area contributed by atoms with E-state index in [-0.39, 0.29) is 0 Å². The van der Waals surface area contributed by atoms with Gasteiger partial charge in [-0.2, -0.15) is 0 Å². The number of benzene rings is 2. The van der Waals surface area contributed by atoms with E-state index in [2.05, 4.69) is 75.6 Å². The first-order chi connectivity index (χ1) is 14.8. The fourth-order valence-electron chi connectivity index (χ4n) is 3.21. The largest absolute Gasteiger partial charge is 0.380 e. The number of aromatic nitrogens is 2. The number of imidazole rings is 1. The van der Waals surface area contributed by atoms with Gasteiger partial charge in [0.2, 0.25) is 0 Å². The lowest BCUT2D eigenvalue weighted by Crippen LogP contribution is -2.39. The van der Waals surface area contributed by atoms with Crippen LogP contribution in [0.1, 0.15) is 25.0 Å². The Kier molecular flexibility index (Phi) is 8.47. The van der Waals surface area contributed by atoms with Gasteiger partial charge in [-0.05, 0) is 36.1 Å². The highest BCUT2D eigenvalue weighted by atomic mass is 16.5. The smallest absolute Gasteiger partial charge is 0.191 e. The number of nitrogens with one attached hydrogen (secondary N) is 2. The van der Waals surface area contributed by atoms with Gasteiger partial charge in [0.25, 0.3) is 0 Å². The molecule has 2 aromatic carbocycles. The third-order valence-electron chi connectivity index (χ3n) is 4.70. The molecule has 6 heteroatoms. The molecule has 0 atom stereocenters. The first-order valence-electron chi connectivity index (χ1n) is 10.5. The molecule has 0 spiro atoms. The maximum Gasteiger partial charge on any atom is 0.191 e. The summed E-state index contributed by atoms with van der Waals surface area (Å²) in [6, 6.07) is 17.2. The molecule has 0 aliphatic rings. The van der Waals surface area contributed by atoms with E-state index < -0.39 is 0 Å².